The summed E-state index contributed by atoms with van der Waals surface area (Å²) >= 11 is 1.78. The van der Waals surface area contributed by atoms with Crippen molar-refractivity contribution in [3.05, 3.63) is 52.9 Å². The SMILES string of the molecule is COc1ccc2c3c1O[C@@H]1CC(O)C=CC31CCN(c1cccs1)C2. The summed E-state index contributed by atoms with van der Waals surface area (Å²) < 4.78 is 11.9. The summed E-state index contributed by atoms with van der Waals surface area (Å²) in [6.45, 7) is 1.85. The molecule has 1 aromatic heterocycles. The molecule has 0 fully saturated rings. The van der Waals surface area contributed by atoms with Gasteiger partial charge < -0.3 is 19.5 Å². The molecule has 2 aliphatic heterocycles. The van der Waals surface area contributed by atoms with Gasteiger partial charge in [0.15, 0.2) is 11.5 Å². The number of aliphatic hydroxyl groups excluding tert-OH is 1. The molecule has 3 heterocycles. The van der Waals surface area contributed by atoms with E-state index in [0.717, 1.165) is 31.0 Å². The van der Waals surface area contributed by atoms with Crippen LogP contribution in [-0.2, 0) is 12.0 Å². The maximum atomic E-state index is 10.1. The third-order valence-corrected chi connectivity index (χ3v) is 6.70. The molecule has 5 heteroatoms. The predicted molar refractivity (Wildman–Crippen MR) is 98.8 cm³/mol. The van der Waals surface area contributed by atoms with E-state index in [-0.39, 0.29) is 11.5 Å². The highest BCUT2D eigenvalue weighted by Crippen LogP contribution is 2.56. The topological polar surface area (TPSA) is 41.9 Å². The normalized spacial score (nSPS) is 29.6. The van der Waals surface area contributed by atoms with E-state index in [4.69, 9.17) is 9.47 Å². The molecule has 2 aromatic rings. The number of hydrogen-bond acceptors (Lipinski definition) is 5. The highest BCUT2D eigenvalue weighted by molar-refractivity contribution is 7.14. The number of nitrogens with zero attached hydrogens (tertiary/aromatic N) is 1. The van der Waals surface area contributed by atoms with Gasteiger partial charge in [0.05, 0.1) is 23.6 Å². The molecule has 130 valence electrons. The Balaban J connectivity index is 1.68. The van der Waals surface area contributed by atoms with Crippen LogP contribution < -0.4 is 14.4 Å². The molecule has 0 amide bonds. The first-order valence-electron chi connectivity index (χ1n) is 8.74. The maximum Gasteiger partial charge on any atom is 0.166 e. The van der Waals surface area contributed by atoms with Gasteiger partial charge in [-0.2, -0.15) is 0 Å². The monoisotopic (exact) mass is 355 g/mol. The number of hydrogen-bond donors (Lipinski definition) is 1. The van der Waals surface area contributed by atoms with Crippen LogP contribution in [0.25, 0.3) is 0 Å². The molecule has 1 spiro atoms. The largest absolute Gasteiger partial charge is 0.493 e. The van der Waals surface area contributed by atoms with Crippen molar-refractivity contribution in [2.45, 2.75) is 37.0 Å². The first-order chi connectivity index (χ1) is 12.2. The molecule has 0 bridgehead atoms. The van der Waals surface area contributed by atoms with E-state index in [1.807, 2.05) is 12.1 Å². The number of rotatable bonds is 2. The van der Waals surface area contributed by atoms with Crippen LogP contribution in [0, 0.1) is 0 Å². The number of benzene rings is 1. The Bertz CT molecular complexity index is 832. The molecule has 2 unspecified atom stereocenters. The van der Waals surface area contributed by atoms with Crippen LogP contribution in [0.4, 0.5) is 5.00 Å². The Kier molecular flexibility index (Phi) is 3.37. The van der Waals surface area contributed by atoms with Crippen LogP contribution >= 0.6 is 11.3 Å². The summed E-state index contributed by atoms with van der Waals surface area (Å²) in [4.78, 5) is 2.45. The molecule has 4 nitrogen and oxygen atoms in total. The van der Waals surface area contributed by atoms with Crippen molar-refractivity contribution in [3.8, 4) is 11.5 Å². The second-order valence-electron chi connectivity index (χ2n) is 7.06. The Labute approximate surface area is 151 Å². The lowest BCUT2D eigenvalue weighted by Crippen LogP contribution is -2.43. The fourth-order valence-corrected chi connectivity index (χ4v) is 5.33. The Hall–Kier alpha value is -1.98. The van der Waals surface area contributed by atoms with E-state index in [1.54, 1.807) is 18.4 Å². The molecular weight excluding hydrogens is 334 g/mol. The number of ether oxygens (including phenoxy) is 2. The summed E-state index contributed by atoms with van der Waals surface area (Å²) in [7, 11) is 1.69. The smallest absolute Gasteiger partial charge is 0.166 e. The Morgan fingerprint density at radius 2 is 2.28 bits per heavy atom. The molecule has 1 aromatic carbocycles. The molecule has 0 saturated carbocycles. The predicted octanol–water partition coefficient (Wildman–Crippen LogP) is 3.49. The van der Waals surface area contributed by atoms with Gasteiger partial charge in [0.25, 0.3) is 0 Å². The molecule has 1 aliphatic carbocycles. The van der Waals surface area contributed by atoms with E-state index < -0.39 is 6.10 Å². The molecule has 25 heavy (non-hydrogen) atoms. The van der Waals surface area contributed by atoms with Crippen molar-refractivity contribution in [2.75, 3.05) is 18.6 Å². The summed E-state index contributed by atoms with van der Waals surface area (Å²) in [6, 6.07) is 8.48. The minimum atomic E-state index is -0.434. The van der Waals surface area contributed by atoms with Crippen LogP contribution in [0.3, 0.4) is 0 Å². The zero-order valence-corrected chi connectivity index (χ0v) is 15.0. The Morgan fingerprint density at radius 3 is 3.08 bits per heavy atom. The van der Waals surface area contributed by atoms with Crippen LogP contribution in [0.1, 0.15) is 24.0 Å². The van der Waals surface area contributed by atoms with Crippen LogP contribution in [-0.4, -0.2) is 31.0 Å². The summed E-state index contributed by atoms with van der Waals surface area (Å²) in [6.07, 6.45) is 5.29. The van der Waals surface area contributed by atoms with Crippen molar-refractivity contribution in [2.24, 2.45) is 0 Å². The van der Waals surface area contributed by atoms with Gasteiger partial charge in [-0.15, -0.1) is 11.3 Å². The maximum absolute atomic E-state index is 10.1. The van der Waals surface area contributed by atoms with Crippen molar-refractivity contribution in [1.82, 2.24) is 0 Å². The lowest BCUT2D eigenvalue weighted by molar-refractivity contribution is 0.0856. The second-order valence-corrected chi connectivity index (χ2v) is 7.99. The molecular formula is C20H21NO3S. The quantitative estimate of drug-likeness (QED) is 0.838. The molecule has 1 N–H and O–H groups in total. The van der Waals surface area contributed by atoms with Gasteiger partial charge in [-0.05, 0) is 35.6 Å². The fourth-order valence-electron chi connectivity index (χ4n) is 4.57. The number of anilines is 1. The third kappa shape index (κ3) is 2.15. The zero-order chi connectivity index (χ0) is 17.0. The van der Waals surface area contributed by atoms with Crippen molar-refractivity contribution < 1.29 is 14.6 Å². The van der Waals surface area contributed by atoms with Gasteiger partial charge in [-0.25, -0.2) is 0 Å². The van der Waals surface area contributed by atoms with Crippen LogP contribution in [0.5, 0.6) is 11.5 Å². The lowest BCUT2D eigenvalue weighted by Gasteiger charge is -2.35. The highest BCUT2D eigenvalue weighted by atomic mass is 32.1. The zero-order valence-electron chi connectivity index (χ0n) is 14.1. The molecule has 5 rings (SSSR count). The van der Waals surface area contributed by atoms with Gasteiger partial charge in [-0.1, -0.05) is 18.2 Å². The Morgan fingerprint density at radius 1 is 1.36 bits per heavy atom. The van der Waals surface area contributed by atoms with Gasteiger partial charge in [0.2, 0.25) is 0 Å². The number of aliphatic hydroxyl groups is 1. The minimum absolute atomic E-state index is 0.0270. The van der Waals surface area contributed by atoms with Crippen LogP contribution in [0.2, 0.25) is 0 Å². The van der Waals surface area contributed by atoms with Gasteiger partial charge in [-0.3, -0.25) is 0 Å². The van der Waals surface area contributed by atoms with E-state index in [1.165, 1.54) is 16.1 Å². The standard InChI is InChI=1S/C20H21NO3S/c1-23-15-5-4-13-12-21(17-3-2-10-25-17)9-8-20-7-6-14(22)11-16(20)24-19(15)18(13)20/h2-7,10,14,16,22H,8-9,11-12H2,1H3/t14?,16-,20?/m1/s1. The first kappa shape index (κ1) is 15.3. The van der Waals surface area contributed by atoms with Crippen LogP contribution in [0.15, 0.2) is 41.8 Å². The van der Waals surface area contributed by atoms with Gasteiger partial charge in [0, 0.05) is 25.1 Å². The van der Waals surface area contributed by atoms with Gasteiger partial charge in [0.1, 0.15) is 6.10 Å². The van der Waals surface area contributed by atoms with E-state index in [2.05, 4.69) is 34.6 Å². The first-order valence-corrected chi connectivity index (χ1v) is 9.62. The average molecular weight is 355 g/mol. The fraction of sp³-hybridized carbons (Fsp3) is 0.400. The second kappa shape index (κ2) is 5.51. The number of methoxy groups -OCH3 is 1. The van der Waals surface area contributed by atoms with Crippen molar-refractivity contribution in [1.29, 1.82) is 0 Å². The van der Waals surface area contributed by atoms with Crippen molar-refractivity contribution in [3.63, 3.8) is 0 Å². The highest BCUT2D eigenvalue weighted by Gasteiger charge is 2.52. The molecule has 0 saturated heterocycles. The lowest BCUT2D eigenvalue weighted by atomic mass is 9.69. The van der Waals surface area contributed by atoms with E-state index in [9.17, 15) is 5.11 Å². The minimum Gasteiger partial charge on any atom is -0.493 e. The van der Waals surface area contributed by atoms with E-state index >= 15 is 0 Å². The molecule has 3 aliphatic rings. The van der Waals surface area contributed by atoms with Gasteiger partial charge >= 0.3 is 0 Å². The van der Waals surface area contributed by atoms with Crippen molar-refractivity contribution >= 4 is 16.3 Å². The summed E-state index contributed by atoms with van der Waals surface area (Å²) in [5.74, 6) is 1.66. The average Bonchev–Trinajstić information content (AvgIpc) is 3.21. The summed E-state index contributed by atoms with van der Waals surface area (Å²) in [5, 5.41) is 13.6. The molecule has 3 atom stereocenters. The number of thiophene rings is 1. The molecule has 0 radical (unpaired) electrons. The van der Waals surface area contributed by atoms with E-state index in [0.29, 0.717) is 6.42 Å². The third-order valence-electron chi connectivity index (χ3n) is 5.77. The summed E-state index contributed by atoms with van der Waals surface area (Å²) in [5.41, 5.74) is 2.40.